The van der Waals surface area contributed by atoms with Crippen LogP contribution in [0.3, 0.4) is 0 Å². The second-order valence-electron chi connectivity index (χ2n) is 10.4. The number of benzene rings is 1. The smallest absolute Gasteiger partial charge is 0.258 e. The van der Waals surface area contributed by atoms with Gasteiger partial charge in [-0.15, -0.1) is 0 Å². The highest BCUT2D eigenvalue weighted by Crippen LogP contribution is 2.52. The highest BCUT2D eigenvalue weighted by molar-refractivity contribution is 6.08. The lowest BCUT2D eigenvalue weighted by molar-refractivity contribution is 0.0108. The third kappa shape index (κ3) is 3.20. The van der Waals surface area contributed by atoms with Crippen LogP contribution < -0.4 is 10.2 Å². The van der Waals surface area contributed by atoms with Crippen molar-refractivity contribution >= 4 is 29.2 Å². The molecule has 5 aliphatic rings. The fraction of sp³-hybridized carbons (Fsp3) is 0.385. The molecule has 0 radical (unpaired) electrons. The highest BCUT2D eigenvalue weighted by atomic mass is 16.2. The number of aromatic amines is 1. The molecule has 2 aromatic heterocycles. The zero-order valence-electron chi connectivity index (χ0n) is 19.0. The molecule has 2 aliphatic carbocycles. The Kier molecular flexibility index (Phi) is 4.16. The predicted octanol–water partition coefficient (Wildman–Crippen LogP) is 4.16. The predicted molar refractivity (Wildman–Crippen MR) is 130 cm³/mol. The van der Waals surface area contributed by atoms with Crippen molar-refractivity contribution in [2.75, 3.05) is 29.9 Å². The first kappa shape index (κ1) is 19.8. The number of carbonyl (C=O) groups excluding carboxylic acids is 1. The van der Waals surface area contributed by atoms with E-state index in [0.29, 0.717) is 18.4 Å². The van der Waals surface area contributed by atoms with E-state index in [1.165, 1.54) is 18.5 Å². The summed E-state index contributed by atoms with van der Waals surface area (Å²) in [5.41, 5.74) is 3.78. The number of hydrogen-bond donors (Lipinski definition) is 2. The van der Waals surface area contributed by atoms with Gasteiger partial charge in [0, 0.05) is 65.7 Å². The molecule has 8 nitrogen and oxygen atoms in total. The van der Waals surface area contributed by atoms with Gasteiger partial charge in [0.2, 0.25) is 5.95 Å². The molecular formula is C26H27N7O. The molecule has 3 aromatic rings. The largest absolute Gasteiger partial charge is 0.340 e. The van der Waals surface area contributed by atoms with E-state index in [4.69, 9.17) is 4.98 Å². The van der Waals surface area contributed by atoms with Crippen molar-refractivity contribution in [3.8, 4) is 0 Å². The summed E-state index contributed by atoms with van der Waals surface area (Å²) >= 11 is 0. The summed E-state index contributed by atoms with van der Waals surface area (Å²) in [6.07, 6.45) is 6.53. The lowest BCUT2D eigenvalue weighted by atomic mass is 9.58. The van der Waals surface area contributed by atoms with Gasteiger partial charge in [0.15, 0.2) is 5.82 Å². The first-order chi connectivity index (χ1) is 16.6. The Morgan fingerprint density at radius 2 is 1.97 bits per heavy atom. The van der Waals surface area contributed by atoms with Gasteiger partial charge in [-0.3, -0.25) is 9.89 Å². The minimum Gasteiger partial charge on any atom is -0.340 e. The fourth-order valence-electron chi connectivity index (χ4n) is 6.08. The maximum atomic E-state index is 13.1. The molecule has 34 heavy (non-hydrogen) atoms. The molecular weight excluding hydrogens is 426 g/mol. The van der Waals surface area contributed by atoms with E-state index in [-0.39, 0.29) is 11.3 Å². The third-order valence-electron chi connectivity index (χ3n) is 7.78. The van der Waals surface area contributed by atoms with Crippen molar-refractivity contribution < 1.29 is 4.79 Å². The molecule has 5 heterocycles. The normalized spacial score (nSPS) is 25.4. The number of hydrogen-bond acceptors (Lipinski definition) is 6. The van der Waals surface area contributed by atoms with Crippen LogP contribution in [-0.4, -0.2) is 50.6 Å². The van der Waals surface area contributed by atoms with E-state index in [9.17, 15) is 4.79 Å². The van der Waals surface area contributed by atoms with Crippen LogP contribution in [0.15, 0.2) is 49.2 Å². The first-order valence-corrected chi connectivity index (χ1v) is 12.1. The molecule has 172 valence electrons. The van der Waals surface area contributed by atoms with Crippen LogP contribution in [0.5, 0.6) is 0 Å². The minimum absolute atomic E-state index is 0.0533. The number of H-pyrrole nitrogens is 1. The van der Waals surface area contributed by atoms with Crippen LogP contribution in [0.25, 0.3) is 5.70 Å². The Morgan fingerprint density at radius 1 is 1.15 bits per heavy atom. The number of aromatic nitrogens is 4. The molecule has 2 saturated carbocycles. The average molecular weight is 454 g/mol. The number of amides is 1. The summed E-state index contributed by atoms with van der Waals surface area (Å²) < 4.78 is 0. The van der Waals surface area contributed by atoms with Gasteiger partial charge in [-0.1, -0.05) is 24.8 Å². The van der Waals surface area contributed by atoms with Gasteiger partial charge < -0.3 is 15.1 Å². The number of carbonyl (C=O) groups is 1. The van der Waals surface area contributed by atoms with Crippen molar-refractivity contribution in [1.82, 2.24) is 25.1 Å². The van der Waals surface area contributed by atoms with E-state index in [1.807, 2.05) is 35.2 Å². The molecule has 0 atom stereocenters. The van der Waals surface area contributed by atoms with Crippen molar-refractivity contribution in [1.29, 1.82) is 0 Å². The Bertz CT molecular complexity index is 1270. The van der Waals surface area contributed by atoms with Crippen LogP contribution in [0, 0.1) is 11.3 Å². The number of fused-ring (bicyclic) bond motifs is 3. The molecule has 1 amide bonds. The maximum Gasteiger partial charge on any atom is 0.258 e. The van der Waals surface area contributed by atoms with E-state index < -0.39 is 0 Å². The second-order valence-corrected chi connectivity index (χ2v) is 10.4. The quantitative estimate of drug-likeness (QED) is 0.582. The number of anilines is 3. The molecule has 3 aliphatic heterocycles. The standard InChI is InChI=1S/C26H27N7O/c1-16-19-4-2-3-5-20(19)24(34)33(16)15-26-11-17(12-26)13-32(14-26)25-27-9-8-22(29-25)28-23-10-21(30-31-23)18-6-7-18/h2-5,8-10,17-18H,1,6-7,11-15H2,(H2,27,28,29,30,31). The van der Waals surface area contributed by atoms with Crippen molar-refractivity contribution in [3.63, 3.8) is 0 Å². The van der Waals surface area contributed by atoms with Crippen LogP contribution in [0.4, 0.5) is 17.6 Å². The van der Waals surface area contributed by atoms with Gasteiger partial charge in [-0.25, -0.2) is 4.98 Å². The molecule has 0 spiro atoms. The highest BCUT2D eigenvalue weighted by Gasteiger charge is 2.52. The third-order valence-corrected chi connectivity index (χ3v) is 7.78. The van der Waals surface area contributed by atoms with E-state index >= 15 is 0 Å². The Hall–Kier alpha value is -3.68. The van der Waals surface area contributed by atoms with Crippen molar-refractivity contribution in [2.45, 2.75) is 31.6 Å². The lowest BCUT2D eigenvalue weighted by Crippen LogP contribution is -2.60. The van der Waals surface area contributed by atoms with Gasteiger partial charge in [-0.2, -0.15) is 10.1 Å². The molecule has 1 aromatic carbocycles. The molecule has 0 unspecified atom stereocenters. The number of nitrogens with one attached hydrogen (secondary N) is 2. The Morgan fingerprint density at radius 3 is 2.76 bits per heavy atom. The van der Waals surface area contributed by atoms with Crippen LogP contribution >= 0.6 is 0 Å². The number of nitrogens with zero attached hydrogens (tertiary/aromatic N) is 5. The topological polar surface area (TPSA) is 90.0 Å². The average Bonchev–Trinajstić information content (AvgIpc) is 3.55. The summed E-state index contributed by atoms with van der Waals surface area (Å²) in [6.45, 7) is 6.73. The van der Waals surface area contributed by atoms with Gasteiger partial charge in [0.25, 0.3) is 5.91 Å². The lowest BCUT2D eigenvalue weighted by Gasteiger charge is -2.57. The first-order valence-electron chi connectivity index (χ1n) is 12.1. The van der Waals surface area contributed by atoms with E-state index in [0.717, 1.165) is 60.3 Å². The summed E-state index contributed by atoms with van der Waals surface area (Å²) in [7, 11) is 0. The Labute approximate surface area is 198 Å². The zero-order chi connectivity index (χ0) is 22.9. The van der Waals surface area contributed by atoms with Crippen LogP contribution in [0.1, 0.15) is 53.2 Å². The van der Waals surface area contributed by atoms with Crippen LogP contribution in [0.2, 0.25) is 0 Å². The van der Waals surface area contributed by atoms with E-state index in [1.54, 1.807) is 6.20 Å². The minimum atomic E-state index is 0.0533. The molecule has 8 heteroatoms. The summed E-state index contributed by atoms with van der Waals surface area (Å²) in [6, 6.07) is 11.7. The summed E-state index contributed by atoms with van der Waals surface area (Å²) in [5, 5.41) is 10.8. The monoisotopic (exact) mass is 453 g/mol. The zero-order valence-corrected chi connectivity index (χ0v) is 19.0. The van der Waals surface area contributed by atoms with Crippen molar-refractivity contribution in [3.05, 3.63) is 66.0 Å². The Balaban J connectivity index is 1.07. The molecule has 2 saturated heterocycles. The van der Waals surface area contributed by atoms with Gasteiger partial charge in [0.05, 0.1) is 0 Å². The number of rotatable bonds is 6. The van der Waals surface area contributed by atoms with E-state index in [2.05, 4.69) is 38.0 Å². The molecule has 2 bridgehead atoms. The second kappa shape index (κ2) is 7.16. The molecule has 4 fully saturated rings. The SMILES string of the molecule is C=C1c2ccccc2C(=O)N1CC12CC(CN(c3nccc(Nc4cc(C5CC5)[nH]n4)n3)C1)C2. The van der Waals surface area contributed by atoms with Gasteiger partial charge >= 0.3 is 0 Å². The maximum absolute atomic E-state index is 13.1. The fourth-order valence-corrected chi connectivity index (χ4v) is 6.08. The summed E-state index contributed by atoms with van der Waals surface area (Å²) in [5.74, 6) is 3.57. The molecule has 2 N–H and O–H groups in total. The van der Waals surface area contributed by atoms with Gasteiger partial charge in [-0.05, 0) is 43.7 Å². The summed E-state index contributed by atoms with van der Waals surface area (Å²) in [4.78, 5) is 26.6. The van der Waals surface area contributed by atoms with Gasteiger partial charge in [0.1, 0.15) is 5.82 Å². The number of piperidine rings is 2. The molecule has 8 rings (SSSR count). The van der Waals surface area contributed by atoms with Crippen LogP contribution in [-0.2, 0) is 0 Å². The van der Waals surface area contributed by atoms with Crippen molar-refractivity contribution in [2.24, 2.45) is 11.3 Å².